The van der Waals surface area contributed by atoms with E-state index < -0.39 is 0 Å². The summed E-state index contributed by atoms with van der Waals surface area (Å²) >= 11 is 41.7. The van der Waals surface area contributed by atoms with Crippen molar-refractivity contribution in [3.8, 4) is 0 Å². The minimum Gasteiger partial charge on any atom is -0.143 e. The van der Waals surface area contributed by atoms with E-state index in [1.54, 1.807) is 0 Å². The lowest BCUT2D eigenvalue weighted by Gasteiger charge is -2.25. The van der Waals surface area contributed by atoms with Crippen LogP contribution in [0.4, 0.5) is 0 Å². The number of benzene rings is 7. The van der Waals surface area contributed by atoms with Crippen LogP contribution in [0.2, 0.25) is 20.1 Å². The van der Waals surface area contributed by atoms with Gasteiger partial charge in [-0.3, -0.25) is 0 Å². The zero-order chi connectivity index (χ0) is 21.5. The predicted molar refractivity (Wildman–Crippen MR) is 147 cm³/mol. The Morgan fingerprint density at radius 3 is 1.74 bits per heavy atom. The number of rotatable bonds is 0. The number of thiol groups is 3. The van der Waals surface area contributed by atoms with Gasteiger partial charge in [0.15, 0.2) is 0 Å². The van der Waals surface area contributed by atoms with Crippen molar-refractivity contribution in [1.29, 1.82) is 0 Å². The molecule has 0 atom stereocenters. The molecule has 0 saturated carbocycles. The zero-order valence-corrected chi connectivity index (χ0v) is 20.9. The zero-order valence-electron chi connectivity index (χ0n) is 15.2. The Morgan fingerprint density at radius 2 is 0.968 bits per heavy atom. The minimum absolute atomic E-state index is 0.370. The molecule has 0 aliphatic carbocycles. The van der Waals surface area contributed by atoms with Crippen LogP contribution in [0.3, 0.4) is 0 Å². The van der Waals surface area contributed by atoms with E-state index in [1.807, 2.05) is 6.07 Å². The maximum absolute atomic E-state index is 6.85. The van der Waals surface area contributed by atoms with Crippen molar-refractivity contribution >= 4 is 149 Å². The molecule has 150 valence electrons. The first kappa shape index (κ1) is 19.5. The van der Waals surface area contributed by atoms with E-state index in [0.717, 1.165) is 69.0 Å². The normalized spacial score (nSPS) is 13.0. The van der Waals surface area contributed by atoms with E-state index in [2.05, 4.69) is 24.3 Å². The van der Waals surface area contributed by atoms with Crippen molar-refractivity contribution in [3.05, 3.63) is 50.4 Å². The second-order valence-electron chi connectivity index (χ2n) is 7.85. The molecule has 0 unspecified atom stereocenters. The Balaban J connectivity index is 2.10. The molecule has 7 aromatic carbocycles. The van der Waals surface area contributed by atoms with Crippen LogP contribution in [0.5, 0.6) is 0 Å². The van der Waals surface area contributed by atoms with E-state index in [-0.39, 0.29) is 0 Å². The molecule has 0 amide bonds. The third kappa shape index (κ3) is 2.09. The first-order valence-electron chi connectivity index (χ1n) is 9.33. The van der Waals surface area contributed by atoms with Gasteiger partial charge in [-0.05, 0) is 27.6 Å². The Bertz CT molecular complexity index is 1910. The van der Waals surface area contributed by atoms with E-state index in [4.69, 9.17) is 84.3 Å². The highest BCUT2D eigenvalue weighted by Crippen LogP contribution is 2.58. The number of halogens is 4. The van der Waals surface area contributed by atoms with Crippen LogP contribution < -0.4 is 0 Å². The van der Waals surface area contributed by atoms with E-state index in [9.17, 15) is 0 Å². The second-order valence-corrected chi connectivity index (χ2v) is 10.7. The molecule has 31 heavy (non-hydrogen) atoms. The first-order valence-corrected chi connectivity index (χ1v) is 12.2. The third-order valence-corrected chi connectivity index (χ3v) is 9.64. The monoisotopic (exact) mass is 532 g/mol. The van der Waals surface area contributed by atoms with Crippen molar-refractivity contribution < 1.29 is 0 Å². The molecule has 0 aliphatic rings. The molecule has 0 bridgehead atoms. The summed E-state index contributed by atoms with van der Waals surface area (Å²) < 4.78 is 0. The summed E-state index contributed by atoms with van der Waals surface area (Å²) in [5.74, 6) is 0. The van der Waals surface area contributed by atoms with E-state index in [0.29, 0.717) is 30.4 Å². The lowest BCUT2D eigenvalue weighted by atomic mass is 9.82. The molecule has 0 spiro atoms. The second kappa shape index (κ2) is 6.15. The highest BCUT2D eigenvalue weighted by atomic mass is 35.5. The Hall–Kier alpha value is -0.910. The highest BCUT2D eigenvalue weighted by molar-refractivity contribution is 7.84. The average Bonchev–Trinajstić information content (AvgIpc) is 2.75. The van der Waals surface area contributed by atoms with Crippen molar-refractivity contribution in [2.45, 2.75) is 14.7 Å². The summed E-state index contributed by atoms with van der Waals surface area (Å²) in [7, 11) is 0. The molecular formula is C24H8Cl4S3. The Kier molecular flexibility index (Phi) is 3.88. The summed E-state index contributed by atoms with van der Waals surface area (Å²) in [6.07, 6.45) is 0. The topological polar surface area (TPSA) is 0 Å². The van der Waals surface area contributed by atoms with E-state index >= 15 is 0 Å². The minimum atomic E-state index is 0.370. The third-order valence-electron chi connectivity index (χ3n) is 6.50. The smallest absolute Gasteiger partial charge is 0.0693 e. The molecule has 0 radical (unpaired) electrons. The van der Waals surface area contributed by atoms with Crippen molar-refractivity contribution in [2.24, 2.45) is 0 Å². The molecule has 0 aliphatic heterocycles. The lowest BCUT2D eigenvalue weighted by molar-refractivity contribution is 1.35. The van der Waals surface area contributed by atoms with Gasteiger partial charge in [0.25, 0.3) is 0 Å². The fraction of sp³-hybridized carbons (Fsp3) is 0. The quantitative estimate of drug-likeness (QED) is 0.0963. The SMILES string of the molecule is Sc1cc2ccc3ccc4c(Cl)c(Cl)c5c(Cl)c(Cl)c6c(S)c(S)c1c1c2c3c4c5c61. The van der Waals surface area contributed by atoms with Crippen LogP contribution in [-0.2, 0) is 0 Å². The Labute approximate surface area is 212 Å². The molecule has 0 heterocycles. The summed E-state index contributed by atoms with van der Waals surface area (Å²) in [4.78, 5) is 2.22. The van der Waals surface area contributed by atoms with Gasteiger partial charge in [0.05, 0.1) is 20.1 Å². The lowest BCUT2D eigenvalue weighted by Crippen LogP contribution is -1.97. The Morgan fingerprint density at radius 1 is 0.452 bits per heavy atom. The van der Waals surface area contributed by atoms with Crippen molar-refractivity contribution in [3.63, 3.8) is 0 Å². The van der Waals surface area contributed by atoms with E-state index in [1.165, 1.54) is 0 Å². The molecule has 0 aromatic heterocycles. The van der Waals surface area contributed by atoms with Crippen LogP contribution in [0.25, 0.3) is 64.6 Å². The number of hydrogen-bond acceptors (Lipinski definition) is 3. The van der Waals surface area contributed by atoms with Crippen molar-refractivity contribution in [2.75, 3.05) is 0 Å². The van der Waals surface area contributed by atoms with Crippen LogP contribution in [0.15, 0.2) is 45.0 Å². The maximum Gasteiger partial charge on any atom is 0.0693 e. The highest BCUT2D eigenvalue weighted by Gasteiger charge is 2.29. The average molecular weight is 534 g/mol. The van der Waals surface area contributed by atoms with Gasteiger partial charge in [-0.1, -0.05) is 70.7 Å². The van der Waals surface area contributed by atoms with Crippen LogP contribution in [0, 0.1) is 0 Å². The summed E-state index contributed by atoms with van der Waals surface area (Å²) in [6, 6.07) is 10.4. The standard InChI is InChI=1S/C24H8Cl4S3/c25-19-8-4-3-6-1-2-7-5-9(29)13-14-11(7)10(6)12(8)15-16(14)18(24(31)23(13)30)22(28)21(27)17(15)20(19)26/h1-5,29-31H. The fourth-order valence-electron chi connectivity index (χ4n) is 5.31. The van der Waals surface area contributed by atoms with Gasteiger partial charge < -0.3 is 0 Å². The molecule has 0 N–H and O–H groups in total. The van der Waals surface area contributed by atoms with Crippen LogP contribution in [0.1, 0.15) is 0 Å². The summed E-state index contributed by atoms with van der Waals surface area (Å²) in [5.41, 5.74) is 0. The largest absolute Gasteiger partial charge is 0.143 e. The maximum atomic E-state index is 6.85. The van der Waals surface area contributed by atoms with Crippen molar-refractivity contribution in [1.82, 2.24) is 0 Å². The van der Waals surface area contributed by atoms with Gasteiger partial charge in [0, 0.05) is 57.8 Å². The van der Waals surface area contributed by atoms with Gasteiger partial charge in [0.1, 0.15) is 0 Å². The molecule has 7 rings (SSSR count). The molecule has 0 fully saturated rings. The molecule has 0 nitrogen and oxygen atoms in total. The van der Waals surface area contributed by atoms with Gasteiger partial charge >= 0.3 is 0 Å². The summed E-state index contributed by atoms with van der Waals surface area (Å²) in [5, 5.41) is 13.4. The van der Waals surface area contributed by atoms with Crippen LogP contribution in [-0.4, -0.2) is 0 Å². The van der Waals surface area contributed by atoms with Gasteiger partial charge in [-0.2, -0.15) is 0 Å². The fourth-order valence-corrected chi connectivity index (χ4v) is 7.67. The first-order chi connectivity index (χ1) is 14.8. The molecule has 0 saturated heterocycles. The molecular weight excluding hydrogens is 526 g/mol. The van der Waals surface area contributed by atoms with Gasteiger partial charge in [0.2, 0.25) is 0 Å². The van der Waals surface area contributed by atoms with Crippen LogP contribution >= 0.6 is 84.3 Å². The van der Waals surface area contributed by atoms with Gasteiger partial charge in [-0.25, -0.2) is 0 Å². The number of hydrogen-bond donors (Lipinski definition) is 3. The molecule has 7 aromatic rings. The molecule has 7 heteroatoms. The van der Waals surface area contributed by atoms with Gasteiger partial charge in [-0.15, -0.1) is 37.9 Å². The summed E-state index contributed by atoms with van der Waals surface area (Å²) in [6.45, 7) is 0. The predicted octanol–water partition coefficient (Wildman–Crippen LogP) is 10.4.